The van der Waals surface area contributed by atoms with Gasteiger partial charge in [-0.25, -0.2) is 4.39 Å². The number of carbonyl (C=O) groups excluding carboxylic acids is 1. The molecule has 25 heavy (non-hydrogen) atoms. The molecule has 2 aromatic carbocycles. The molecule has 1 unspecified atom stereocenters. The van der Waals surface area contributed by atoms with Crippen LogP contribution in [0.25, 0.3) is 0 Å². The summed E-state index contributed by atoms with van der Waals surface area (Å²) in [6, 6.07) is 10.5. The lowest BCUT2D eigenvalue weighted by atomic mass is 10.1. The Hall–Kier alpha value is -2.24. The van der Waals surface area contributed by atoms with E-state index in [9.17, 15) is 9.18 Å². The molecule has 0 spiro atoms. The van der Waals surface area contributed by atoms with Gasteiger partial charge in [0.05, 0.1) is 6.61 Å². The van der Waals surface area contributed by atoms with Crippen molar-refractivity contribution < 1.29 is 14.3 Å². The zero-order valence-corrected chi connectivity index (χ0v) is 14.9. The molecule has 0 aliphatic heterocycles. The monoisotopic (exact) mass is 344 g/mol. The second-order valence-corrected chi connectivity index (χ2v) is 6.44. The summed E-state index contributed by atoms with van der Waals surface area (Å²) in [4.78, 5) is 12.2. The Morgan fingerprint density at radius 3 is 2.64 bits per heavy atom. The van der Waals surface area contributed by atoms with Crippen LogP contribution in [0.15, 0.2) is 36.4 Å². The Bertz CT molecular complexity index is 746. The fraction of sp³-hybridized carbons (Fsp3) is 0.350. The highest BCUT2D eigenvalue weighted by molar-refractivity contribution is 5.91. The Morgan fingerprint density at radius 1 is 1.20 bits per heavy atom. The van der Waals surface area contributed by atoms with Gasteiger partial charge in [-0.05, 0) is 50.1 Å². The molecule has 0 fully saturated rings. The Morgan fingerprint density at radius 2 is 1.96 bits per heavy atom. The summed E-state index contributed by atoms with van der Waals surface area (Å²) in [5.41, 5.74) is 4.17. The average molecular weight is 344 g/mol. The topological polar surface area (TPSA) is 61.4 Å². The molecule has 0 radical (unpaired) electrons. The number of halogens is 1. The maximum atomic E-state index is 13.4. The van der Waals surface area contributed by atoms with Crippen LogP contribution in [-0.4, -0.2) is 17.1 Å². The van der Waals surface area contributed by atoms with E-state index in [0.717, 1.165) is 22.4 Å². The van der Waals surface area contributed by atoms with Crippen molar-refractivity contribution >= 4 is 11.6 Å². The minimum Gasteiger partial charge on any atom is -0.392 e. The van der Waals surface area contributed by atoms with Gasteiger partial charge in [-0.1, -0.05) is 23.8 Å². The first kappa shape index (κ1) is 19.1. The van der Waals surface area contributed by atoms with E-state index in [-0.39, 0.29) is 24.1 Å². The summed E-state index contributed by atoms with van der Waals surface area (Å²) < 4.78 is 13.4. The Labute approximate surface area is 148 Å². The van der Waals surface area contributed by atoms with Gasteiger partial charge in [-0.2, -0.15) is 0 Å². The Balaban J connectivity index is 1.85. The lowest BCUT2D eigenvalue weighted by Gasteiger charge is -2.15. The molecule has 4 nitrogen and oxygen atoms in total. The first-order chi connectivity index (χ1) is 11.9. The first-order valence-electron chi connectivity index (χ1n) is 8.37. The normalized spacial score (nSPS) is 12.0. The minimum absolute atomic E-state index is 0.0339. The molecule has 2 aromatic rings. The van der Waals surface area contributed by atoms with Gasteiger partial charge in [0, 0.05) is 30.3 Å². The molecule has 1 atom stereocenters. The highest BCUT2D eigenvalue weighted by atomic mass is 19.1. The third kappa shape index (κ3) is 5.66. The molecule has 134 valence electrons. The van der Waals surface area contributed by atoms with E-state index in [4.69, 9.17) is 5.11 Å². The van der Waals surface area contributed by atoms with Crippen LogP contribution in [0.1, 0.15) is 35.6 Å². The van der Waals surface area contributed by atoms with Crippen molar-refractivity contribution in [1.29, 1.82) is 0 Å². The summed E-state index contributed by atoms with van der Waals surface area (Å²) >= 11 is 0. The summed E-state index contributed by atoms with van der Waals surface area (Å²) in [6.07, 6.45) is 0.335. The third-order valence-electron chi connectivity index (χ3n) is 4.08. The molecule has 0 saturated heterocycles. The van der Waals surface area contributed by atoms with Crippen molar-refractivity contribution in [2.45, 2.75) is 46.4 Å². The van der Waals surface area contributed by atoms with Crippen LogP contribution < -0.4 is 10.6 Å². The van der Waals surface area contributed by atoms with Crippen molar-refractivity contribution in [1.82, 2.24) is 5.32 Å². The molecule has 0 aliphatic rings. The van der Waals surface area contributed by atoms with Gasteiger partial charge >= 0.3 is 0 Å². The van der Waals surface area contributed by atoms with Crippen LogP contribution in [0.2, 0.25) is 0 Å². The Kier molecular flexibility index (Phi) is 6.67. The lowest BCUT2D eigenvalue weighted by molar-refractivity contribution is -0.116. The molecule has 1 amide bonds. The quantitative estimate of drug-likeness (QED) is 0.721. The van der Waals surface area contributed by atoms with E-state index >= 15 is 0 Å². The number of aliphatic hydroxyl groups is 1. The van der Waals surface area contributed by atoms with E-state index in [2.05, 4.69) is 10.6 Å². The number of amides is 1. The minimum atomic E-state index is -0.410. The van der Waals surface area contributed by atoms with Gasteiger partial charge in [0.15, 0.2) is 0 Å². The first-order valence-corrected chi connectivity index (χ1v) is 8.37. The van der Waals surface area contributed by atoms with Crippen LogP contribution in [0.3, 0.4) is 0 Å². The molecule has 2 rings (SSSR count). The van der Waals surface area contributed by atoms with E-state index in [0.29, 0.717) is 13.0 Å². The SMILES string of the molecule is Cc1ccc(NC(=O)CC(C)NCc2ccc(F)c(CO)c2)c(C)c1. The summed E-state index contributed by atoms with van der Waals surface area (Å²) in [5, 5.41) is 15.3. The van der Waals surface area contributed by atoms with Crippen LogP contribution in [0.4, 0.5) is 10.1 Å². The smallest absolute Gasteiger partial charge is 0.225 e. The fourth-order valence-corrected chi connectivity index (χ4v) is 2.66. The molecule has 0 aromatic heterocycles. The molecular formula is C20H25FN2O2. The highest BCUT2D eigenvalue weighted by Gasteiger charge is 2.11. The second kappa shape index (κ2) is 8.74. The number of anilines is 1. The number of aryl methyl sites for hydroxylation is 2. The maximum Gasteiger partial charge on any atom is 0.225 e. The molecule has 0 heterocycles. The number of hydrogen-bond donors (Lipinski definition) is 3. The molecule has 0 bridgehead atoms. The second-order valence-electron chi connectivity index (χ2n) is 6.44. The number of hydrogen-bond acceptors (Lipinski definition) is 3. The van der Waals surface area contributed by atoms with Crippen LogP contribution in [0.5, 0.6) is 0 Å². The summed E-state index contributed by atoms with van der Waals surface area (Å²) in [5.74, 6) is -0.464. The summed E-state index contributed by atoms with van der Waals surface area (Å²) in [7, 11) is 0. The van der Waals surface area contributed by atoms with Gasteiger partial charge < -0.3 is 15.7 Å². The van der Waals surface area contributed by atoms with Crippen LogP contribution in [-0.2, 0) is 17.9 Å². The van der Waals surface area contributed by atoms with Gasteiger partial charge in [-0.3, -0.25) is 4.79 Å². The number of benzene rings is 2. The number of aliphatic hydroxyl groups excluding tert-OH is 1. The third-order valence-corrected chi connectivity index (χ3v) is 4.08. The van der Waals surface area contributed by atoms with Gasteiger partial charge in [0.1, 0.15) is 5.82 Å². The lowest BCUT2D eigenvalue weighted by Crippen LogP contribution is -2.30. The number of nitrogens with one attached hydrogen (secondary N) is 2. The summed E-state index contributed by atoms with van der Waals surface area (Å²) in [6.45, 7) is 6.09. The largest absolute Gasteiger partial charge is 0.392 e. The van der Waals surface area contributed by atoms with E-state index in [1.54, 1.807) is 12.1 Å². The highest BCUT2D eigenvalue weighted by Crippen LogP contribution is 2.16. The van der Waals surface area contributed by atoms with E-state index in [1.165, 1.54) is 6.07 Å². The van der Waals surface area contributed by atoms with Gasteiger partial charge in [0.2, 0.25) is 5.91 Å². The van der Waals surface area contributed by atoms with Crippen molar-refractivity contribution in [2.24, 2.45) is 0 Å². The van der Waals surface area contributed by atoms with E-state index in [1.807, 2.05) is 39.0 Å². The van der Waals surface area contributed by atoms with E-state index < -0.39 is 5.82 Å². The fourth-order valence-electron chi connectivity index (χ4n) is 2.66. The molecule has 3 N–H and O–H groups in total. The number of carbonyl (C=O) groups is 1. The predicted molar refractivity (Wildman–Crippen MR) is 97.8 cm³/mol. The zero-order chi connectivity index (χ0) is 18.4. The zero-order valence-electron chi connectivity index (χ0n) is 14.9. The standard InChI is InChI=1S/C20H25FN2O2/c1-13-4-7-19(14(2)8-13)23-20(25)9-15(3)22-11-16-5-6-18(21)17(10-16)12-24/h4-8,10,15,22,24H,9,11-12H2,1-3H3,(H,23,25). The predicted octanol–water partition coefficient (Wildman–Crippen LogP) is 3.44. The van der Waals surface area contributed by atoms with Crippen molar-refractivity contribution in [2.75, 3.05) is 5.32 Å². The van der Waals surface area contributed by atoms with Crippen LogP contribution >= 0.6 is 0 Å². The van der Waals surface area contributed by atoms with Gasteiger partial charge in [-0.15, -0.1) is 0 Å². The molecule has 0 aliphatic carbocycles. The van der Waals surface area contributed by atoms with Crippen molar-refractivity contribution in [3.8, 4) is 0 Å². The van der Waals surface area contributed by atoms with Gasteiger partial charge in [0.25, 0.3) is 0 Å². The van der Waals surface area contributed by atoms with Crippen molar-refractivity contribution in [3.63, 3.8) is 0 Å². The molecule has 0 saturated carbocycles. The van der Waals surface area contributed by atoms with Crippen LogP contribution in [0, 0.1) is 19.7 Å². The molecule has 5 heteroatoms. The average Bonchev–Trinajstić information content (AvgIpc) is 2.56. The number of rotatable bonds is 7. The maximum absolute atomic E-state index is 13.4. The molecular weight excluding hydrogens is 319 g/mol. The van der Waals surface area contributed by atoms with Crippen molar-refractivity contribution in [3.05, 3.63) is 64.5 Å².